The third-order valence-electron chi connectivity index (χ3n) is 5.81. The highest BCUT2D eigenvalue weighted by Gasteiger charge is 2.27. The standard InChI is InChI=1S/C18H36/c1-6-15-9-11-17(12-10-15)16(7-2)13-14-18(4,5)8-3/h15-17H,6-14H2,1-5H3. The van der Waals surface area contributed by atoms with Crippen molar-refractivity contribution in [3.8, 4) is 0 Å². The fourth-order valence-electron chi connectivity index (χ4n) is 3.59. The molecule has 0 aromatic carbocycles. The van der Waals surface area contributed by atoms with E-state index in [0.29, 0.717) is 5.41 Å². The molecule has 0 N–H and O–H groups in total. The van der Waals surface area contributed by atoms with E-state index in [1.165, 1.54) is 57.8 Å². The molecule has 0 bridgehead atoms. The van der Waals surface area contributed by atoms with Gasteiger partial charge in [0.15, 0.2) is 0 Å². The molecule has 1 rings (SSSR count). The number of hydrogen-bond acceptors (Lipinski definition) is 0. The maximum absolute atomic E-state index is 2.44. The fourth-order valence-corrected chi connectivity index (χ4v) is 3.59. The first kappa shape index (κ1) is 16.1. The monoisotopic (exact) mass is 252 g/mol. The van der Waals surface area contributed by atoms with Gasteiger partial charge in [-0.1, -0.05) is 66.7 Å². The van der Waals surface area contributed by atoms with Crippen LogP contribution in [-0.4, -0.2) is 0 Å². The van der Waals surface area contributed by atoms with Crippen LogP contribution in [0.25, 0.3) is 0 Å². The van der Waals surface area contributed by atoms with Crippen molar-refractivity contribution in [2.75, 3.05) is 0 Å². The van der Waals surface area contributed by atoms with E-state index in [4.69, 9.17) is 0 Å². The molecule has 1 unspecified atom stereocenters. The van der Waals surface area contributed by atoms with Gasteiger partial charge in [0.25, 0.3) is 0 Å². The zero-order valence-electron chi connectivity index (χ0n) is 13.6. The van der Waals surface area contributed by atoms with Crippen molar-refractivity contribution in [1.82, 2.24) is 0 Å². The third-order valence-corrected chi connectivity index (χ3v) is 5.81. The lowest BCUT2D eigenvalue weighted by molar-refractivity contribution is 0.168. The van der Waals surface area contributed by atoms with Crippen molar-refractivity contribution in [2.45, 2.75) is 92.4 Å². The van der Waals surface area contributed by atoms with Crippen molar-refractivity contribution in [2.24, 2.45) is 23.2 Å². The summed E-state index contributed by atoms with van der Waals surface area (Å²) in [5, 5.41) is 0. The Labute approximate surface area is 116 Å². The molecule has 0 aliphatic heterocycles. The van der Waals surface area contributed by atoms with Gasteiger partial charge in [-0.25, -0.2) is 0 Å². The quantitative estimate of drug-likeness (QED) is 0.488. The van der Waals surface area contributed by atoms with Gasteiger partial charge in [0.2, 0.25) is 0 Å². The van der Waals surface area contributed by atoms with Crippen LogP contribution in [-0.2, 0) is 0 Å². The van der Waals surface area contributed by atoms with Crippen LogP contribution in [0.4, 0.5) is 0 Å². The Morgan fingerprint density at radius 1 is 1.00 bits per heavy atom. The van der Waals surface area contributed by atoms with Crippen LogP contribution in [0.5, 0.6) is 0 Å². The van der Waals surface area contributed by atoms with E-state index >= 15 is 0 Å². The Bertz CT molecular complexity index is 208. The summed E-state index contributed by atoms with van der Waals surface area (Å²) in [5.74, 6) is 3.10. The van der Waals surface area contributed by atoms with Crippen molar-refractivity contribution in [3.05, 3.63) is 0 Å². The molecule has 0 spiro atoms. The molecule has 0 amide bonds. The normalized spacial score (nSPS) is 27.2. The Hall–Kier alpha value is 0. The molecule has 108 valence electrons. The summed E-state index contributed by atoms with van der Waals surface area (Å²) in [6, 6.07) is 0. The lowest BCUT2D eigenvalue weighted by Gasteiger charge is -2.35. The Balaban J connectivity index is 2.37. The molecule has 1 saturated carbocycles. The summed E-state index contributed by atoms with van der Waals surface area (Å²) in [4.78, 5) is 0. The van der Waals surface area contributed by atoms with Crippen LogP contribution >= 0.6 is 0 Å². The Kier molecular flexibility index (Phi) is 6.74. The highest BCUT2D eigenvalue weighted by atomic mass is 14.3. The van der Waals surface area contributed by atoms with Gasteiger partial charge in [0.05, 0.1) is 0 Å². The average Bonchev–Trinajstić information content (AvgIpc) is 2.40. The second-order valence-corrected chi connectivity index (χ2v) is 7.41. The van der Waals surface area contributed by atoms with E-state index < -0.39 is 0 Å². The van der Waals surface area contributed by atoms with Crippen molar-refractivity contribution in [1.29, 1.82) is 0 Å². The molecular weight excluding hydrogens is 216 g/mol. The van der Waals surface area contributed by atoms with Crippen molar-refractivity contribution < 1.29 is 0 Å². The Morgan fingerprint density at radius 3 is 2.06 bits per heavy atom. The molecule has 1 aliphatic rings. The van der Waals surface area contributed by atoms with Crippen LogP contribution in [0, 0.1) is 23.2 Å². The molecule has 18 heavy (non-hydrogen) atoms. The second-order valence-electron chi connectivity index (χ2n) is 7.41. The van der Waals surface area contributed by atoms with Gasteiger partial charge in [0.1, 0.15) is 0 Å². The second kappa shape index (κ2) is 7.56. The number of hydrogen-bond donors (Lipinski definition) is 0. The van der Waals surface area contributed by atoms with Gasteiger partial charge < -0.3 is 0 Å². The molecule has 0 saturated heterocycles. The third kappa shape index (κ3) is 4.94. The molecule has 1 aliphatic carbocycles. The van der Waals surface area contributed by atoms with Gasteiger partial charge in [-0.05, 0) is 48.9 Å². The maximum atomic E-state index is 2.44. The predicted octanol–water partition coefficient (Wildman–Crippen LogP) is 6.45. The van der Waals surface area contributed by atoms with Crippen LogP contribution < -0.4 is 0 Å². The van der Waals surface area contributed by atoms with E-state index in [-0.39, 0.29) is 0 Å². The molecule has 0 aromatic rings. The van der Waals surface area contributed by atoms with Crippen molar-refractivity contribution >= 4 is 0 Å². The summed E-state index contributed by atoms with van der Waals surface area (Å²) in [7, 11) is 0. The summed E-state index contributed by atoms with van der Waals surface area (Å²) in [5.41, 5.74) is 0.564. The first-order valence-corrected chi connectivity index (χ1v) is 8.52. The zero-order chi connectivity index (χ0) is 13.6. The zero-order valence-corrected chi connectivity index (χ0v) is 13.6. The summed E-state index contributed by atoms with van der Waals surface area (Å²) >= 11 is 0. The van der Waals surface area contributed by atoms with Crippen molar-refractivity contribution in [3.63, 3.8) is 0 Å². The van der Waals surface area contributed by atoms with Crippen LogP contribution in [0.2, 0.25) is 0 Å². The first-order chi connectivity index (χ1) is 8.52. The lowest BCUT2D eigenvalue weighted by atomic mass is 9.71. The smallest absolute Gasteiger partial charge is 0.0357 e. The summed E-state index contributed by atoms with van der Waals surface area (Å²) in [6.07, 6.45) is 13.1. The highest BCUT2D eigenvalue weighted by Crippen LogP contribution is 2.39. The van der Waals surface area contributed by atoms with E-state index in [2.05, 4.69) is 34.6 Å². The molecule has 0 nitrogen and oxygen atoms in total. The minimum absolute atomic E-state index is 0.564. The minimum atomic E-state index is 0.564. The minimum Gasteiger partial charge on any atom is -0.0651 e. The van der Waals surface area contributed by atoms with Crippen LogP contribution in [0.15, 0.2) is 0 Å². The number of rotatable bonds is 7. The highest BCUT2D eigenvalue weighted by molar-refractivity contribution is 4.79. The van der Waals surface area contributed by atoms with Gasteiger partial charge >= 0.3 is 0 Å². The molecular formula is C18H36. The van der Waals surface area contributed by atoms with E-state index in [1.54, 1.807) is 0 Å². The molecule has 0 heterocycles. The molecule has 0 aromatic heterocycles. The Morgan fingerprint density at radius 2 is 1.61 bits per heavy atom. The predicted molar refractivity (Wildman–Crippen MR) is 82.8 cm³/mol. The van der Waals surface area contributed by atoms with Gasteiger partial charge in [0, 0.05) is 0 Å². The largest absolute Gasteiger partial charge is 0.0651 e. The van der Waals surface area contributed by atoms with Gasteiger partial charge in [-0.3, -0.25) is 0 Å². The van der Waals surface area contributed by atoms with E-state index in [1.807, 2.05) is 0 Å². The first-order valence-electron chi connectivity index (χ1n) is 8.52. The van der Waals surface area contributed by atoms with E-state index in [0.717, 1.165) is 17.8 Å². The van der Waals surface area contributed by atoms with Crippen LogP contribution in [0.1, 0.15) is 92.4 Å². The summed E-state index contributed by atoms with van der Waals surface area (Å²) < 4.78 is 0. The lowest BCUT2D eigenvalue weighted by Crippen LogP contribution is -2.23. The maximum Gasteiger partial charge on any atom is -0.0357 e. The topological polar surface area (TPSA) is 0 Å². The average molecular weight is 252 g/mol. The summed E-state index contributed by atoms with van der Waals surface area (Å²) in [6.45, 7) is 12.0. The van der Waals surface area contributed by atoms with Crippen LogP contribution in [0.3, 0.4) is 0 Å². The van der Waals surface area contributed by atoms with Gasteiger partial charge in [-0.15, -0.1) is 0 Å². The fraction of sp³-hybridized carbons (Fsp3) is 1.00. The van der Waals surface area contributed by atoms with Gasteiger partial charge in [-0.2, -0.15) is 0 Å². The molecule has 0 heteroatoms. The molecule has 1 fully saturated rings. The molecule has 1 atom stereocenters. The molecule has 0 radical (unpaired) electrons. The van der Waals surface area contributed by atoms with E-state index in [9.17, 15) is 0 Å². The SMILES string of the molecule is CCC1CCC(C(CC)CCC(C)(C)CC)CC1.